The van der Waals surface area contributed by atoms with E-state index in [1.807, 2.05) is 12.1 Å². The van der Waals surface area contributed by atoms with E-state index in [1.165, 1.54) is 21.5 Å². The molecule has 0 N–H and O–H groups in total. The molecule has 2 aromatic heterocycles. The SMILES string of the molecule is N#Cc1cccc(-n2c3ccccc3c3ccccc32)c1-c1ccccc1-n1c2ccccc2c2ccccc21. The molecule has 2 heterocycles. The van der Waals surface area contributed by atoms with Gasteiger partial charge in [0, 0.05) is 32.7 Å². The van der Waals surface area contributed by atoms with Gasteiger partial charge in [-0.3, -0.25) is 0 Å². The molecule has 0 unspecified atom stereocenters. The molecule has 0 fully saturated rings. The lowest BCUT2D eigenvalue weighted by molar-refractivity contribution is 1.16. The molecule has 0 aliphatic carbocycles. The number of para-hydroxylation sites is 5. The summed E-state index contributed by atoms with van der Waals surface area (Å²) >= 11 is 0. The molecule has 8 rings (SSSR count). The highest BCUT2D eigenvalue weighted by atomic mass is 15.0. The van der Waals surface area contributed by atoms with Crippen LogP contribution in [0.25, 0.3) is 66.1 Å². The fraction of sp³-hybridized carbons (Fsp3) is 0. The summed E-state index contributed by atoms with van der Waals surface area (Å²) < 4.78 is 4.65. The van der Waals surface area contributed by atoms with Crippen molar-refractivity contribution in [3.05, 3.63) is 145 Å². The molecule has 186 valence electrons. The molecule has 0 saturated carbocycles. The third kappa shape index (κ3) is 3.11. The van der Waals surface area contributed by atoms with Crippen LogP contribution in [0.4, 0.5) is 0 Å². The minimum absolute atomic E-state index is 0.646. The van der Waals surface area contributed by atoms with Crippen LogP contribution in [0.15, 0.2) is 140 Å². The predicted molar refractivity (Wildman–Crippen MR) is 165 cm³/mol. The van der Waals surface area contributed by atoms with Crippen LogP contribution in [0, 0.1) is 11.3 Å². The molecule has 0 spiro atoms. The van der Waals surface area contributed by atoms with Crippen LogP contribution < -0.4 is 0 Å². The molecule has 3 nitrogen and oxygen atoms in total. The minimum atomic E-state index is 0.646. The van der Waals surface area contributed by atoms with Gasteiger partial charge in [0.05, 0.1) is 45.1 Å². The van der Waals surface area contributed by atoms with Gasteiger partial charge in [-0.05, 0) is 42.5 Å². The van der Waals surface area contributed by atoms with E-state index in [0.29, 0.717) is 5.56 Å². The molecule has 40 heavy (non-hydrogen) atoms. The fourth-order valence-corrected chi connectivity index (χ4v) is 6.35. The van der Waals surface area contributed by atoms with Gasteiger partial charge in [-0.15, -0.1) is 0 Å². The highest BCUT2D eigenvalue weighted by Crippen LogP contribution is 2.41. The summed E-state index contributed by atoms with van der Waals surface area (Å²) in [5, 5.41) is 15.2. The molecule has 0 radical (unpaired) electrons. The molecular formula is C37H23N3. The Morgan fingerprint density at radius 2 is 0.800 bits per heavy atom. The Bertz CT molecular complexity index is 2180. The zero-order valence-electron chi connectivity index (χ0n) is 21.6. The van der Waals surface area contributed by atoms with Crippen LogP contribution >= 0.6 is 0 Å². The molecule has 0 saturated heterocycles. The topological polar surface area (TPSA) is 33.6 Å². The van der Waals surface area contributed by atoms with Crippen molar-refractivity contribution in [2.24, 2.45) is 0 Å². The van der Waals surface area contributed by atoms with E-state index in [2.05, 4.69) is 143 Å². The van der Waals surface area contributed by atoms with Gasteiger partial charge in [0.1, 0.15) is 0 Å². The Balaban J connectivity index is 1.51. The van der Waals surface area contributed by atoms with Gasteiger partial charge in [0.15, 0.2) is 0 Å². The number of rotatable bonds is 3. The standard InChI is InChI=1S/C37H23N3/c38-24-25-12-11-23-36(40-33-20-8-3-15-28(33)29-16-4-9-21-34(29)40)37(25)30-17-5-10-22-35(30)39-31-18-6-1-13-26(31)27-14-2-7-19-32(27)39/h1-23H. The molecule has 0 bridgehead atoms. The third-order valence-electron chi connectivity index (χ3n) is 7.98. The maximum absolute atomic E-state index is 10.4. The third-order valence-corrected chi connectivity index (χ3v) is 7.98. The van der Waals surface area contributed by atoms with Crippen molar-refractivity contribution in [1.82, 2.24) is 9.13 Å². The van der Waals surface area contributed by atoms with Crippen LogP contribution in [-0.2, 0) is 0 Å². The van der Waals surface area contributed by atoms with Gasteiger partial charge in [-0.25, -0.2) is 0 Å². The summed E-state index contributed by atoms with van der Waals surface area (Å²) in [6.07, 6.45) is 0. The van der Waals surface area contributed by atoms with E-state index in [-0.39, 0.29) is 0 Å². The maximum Gasteiger partial charge on any atom is 0.0998 e. The molecule has 0 atom stereocenters. The van der Waals surface area contributed by atoms with Crippen molar-refractivity contribution in [2.75, 3.05) is 0 Å². The van der Waals surface area contributed by atoms with Crippen molar-refractivity contribution in [3.63, 3.8) is 0 Å². The van der Waals surface area contributed by atoms with E-state index in [1.54, 1.807) is 0 Å². The number of benzene rings is 6. The highest BCUT2D eigenvalue weighted by molar-refractivity contribution is 6.11. The van der Waals surface area contributed by atoms with Gasteiger partial charge >= 0.3 is 0 Å². The van der Waals surface area contributed by atoms with E-state index >= 15 is 0 Å². The van der Waals surface area contributed by atoms with Gasteiger partial charge in [-0.1, -0.05) is 97.1 Å². The van der Waals surface area contributed by atoms with Crippen molar-refractivity contribution < 1.29 is 0 Å². The number of aromatic nitrogens is 2. The summed E-state index contributed by atoms with van der Waals surface area (Å²) in [6, 6.07) is 51.1. The van der Waals surface area contributed by atoms with Crippen LogP contribution in [0.1, 0.15) is 5.56 Å². The quantitative estimate of drug-likeness (QED) is 0.233. The van der Waals surface area contributed by atoms with Gasteiger partial charge in [0.25, 0.3) is 0 Å². The zero-order chi connectivity index (χ0) is 26.6. The molecule has 0 aliphatic heterocycles. The minimum Gasteiger partial charge on any atom is -0.309 e. The van der Waals surface area contributed by atoms with Crippen molar-refractivity contribution in [2.45, 2.75) is 0 Å². The first-order valence-corrected chi connectivity index (χ1v) is 13.4. The lowest BCUT2D eigenvalue weighted by Crippen LogP contribution is -2.03. The van der Waals surface area contributed by atoms with Gasteiger partial charge < -0.3 is 9.13 Å². The monoisotopic (exact) mass is 509 g/mol. The molecule has 0 amide bonds. The second-order valence-corrected chi connectivity index (χ2v) is 10.1. The second kappa shape index (κ2) is 8.73. The summed E-state index contributed by atoms with van der Waals surface area (Å²) in [7, 11) is 0. The Morgan fingerprint density at radius 3 is 1.30 bits per heavy atom. The smallest absolute Gasteiger partial charge is 0.0998 e. The lowest BCUT2D eigenvalue weighted by atomic mass is 9.96. The highest BCUT2D eigenvalue weighted by Gasteiger charge is 2.21. The average molecular weight is 510 g/mol. The maximum atomic E-state index is 10.4. The first-order chi connectivity index (χ1) is 19.8. The number of hydrogen-bond acceptors (Lipinski definition) is 1. The van der Waals surface area contributed by atoms with Crippen molar-refractivity contribution >= 4 is 43.6 Å². The summed E-state index contributed by atoms with van der Waals surface area (Å²) in [6.45, 7) is 0. The van der Waals surface area contributed by atoms with Gasteiger partial charge in [-0.2, -0.15) is 5.26 Å². The molecule has 0 aliphatic rings. The number of nitrogens with zero attached hydrogens (tertiary/aromatic N) is 3. The van der Waals surface area contributed by atoms with E-state index in [0.717, 1.165) is 44.6 Å². The Kier molecular flexibility index (Phi) is 4.89. The number of nitriles is 1. The Morgan fingerprint density at radius 1 is 0.400 bits per heavy atom. The largest absolute Gasteiger partial charge is 0.309 e. The van der Waals surface area contributed by atoms with E-state index < -0.39 is 0 Å². The molecular weight excluding hydrogens is 486 g/mol. The Hall–Kier alpha value is -5.59. The van der Waals surface area contributed by atoms with E-state index in [4.69, 9.17) is 0 Å². The van der Waals surface area contributed by atoms with Crippen LogP contribution in [0.2, 0.25) is 0 Å². The molecule has 3 heteroatoms. The zero-order valence-corrected chi connectivity index (χ0v) is 21.6. The summed E-state index contributed by atoms with van der Waals surface area (Å²) in [4.78, 5) is 0. The summed E-state index contributed by atoms with van der Waals surface area (Å²) in [5.74, 6) is 0. The normalized spacial score (nSPS) is 11.5. The first-order valence-electron chi connectivity index (χ1n) is 13.4. The Labute approximate surface area is 231 Å². The average Bonchev–Trinajstić information content (AvgIpc) is 3.54. The molecule has 8 aromatic rings. The van der Waals surface area contributed by atoms with Crippen molar-refractivity contribution in [3.8, 4) is 28.6 Å². The summed E-state index contributed by atoms with van der Waals surface area (Å²) in [5.41, 5.74) is 9.15. The number of hydrogen-bond donors (Lipinski definition) is 0. The van der Waals surface area contributed by atoms with Crippen LogP contribution in [0.5, 0.6) is 0 Å². The lowest BCUT2D eigenvalue weighted by Gasteiger charge is -2.19. The second-order valence-electron chi connectivity index (χ2n) is 10.1. The van der Waals surface area contributed by atoms with Crippen LogP contribution in [0.3, 0.4) is 0 Å². The van der Waals surface area contributed by atoms with Gasteiger partial charge in [0.2, 0.25) is 0 Å². The predicted octanol–water partition coefficient (Wildman–Crippen LogP) is 9.42. The van der Waals surface area contributed by atoms with Crippen LogP contribution in [-0.4, -0.2) is 9.13 Å². The van der Waals surface area contributed by atoms with E-state index in [9.17, 15) is 5.26 Å². The molecule has 6 aromatic carbocycles. The first kappa shape index (κ1) is 22.4. The fourth-order valence-electron chi connectivity index (χ4n) is 6.35. The van der Waals surface area contributed by atoms with Crippen molar-refractivity contribution in [1.29, 1.82) is 5.26 Å². The number of fused-ring (bicyclic) bond motifs is 6.